The number of hydrogen-bond donors (Lipinski definition) is 2. The normalized spacial score (nSPS) is 15.9. The number of aromatic amines is 1. The first-order valence-corrected chi connectivity index (χ1v) is 8.10. The van der Waals surface area contributed by atoms with Crippen molar-refractivity contribution in [2.24, 2.45) is 0 Å². The maximum atomic E-state index is 12.5. The van der Waals surface area contributed by atoms with Gasteiger partial charge in [-0.2, -0.15) is 5.10 Å². The van der Waals surface area contributed by atoms with Gasteiger partial charge in [-0.05, 0) is 41.5 Å². The number of aromatic nitrogens is 4. The Balaban J connectivity index is 1.56. The highest BCUT2D eigenvalue weighted by atomic mass is 16.1. The van der Waals surface area contributed by atoms with Crippen molar-refractivity contribution in [3.05, 3.63) is 71.6 Å². The molecule has 1 aromatic carbocycles. The molecule has 0 radical (unpaired) electrons. The summed E-state index contributed by atoms with van der Waals surface area (Å²) in [4.78, 5) is 22.9. The van der Waals surface area contributed by atoms with E-state index in [1.54, 1.807) is 12.4 Å². The molecule has 3 heterocycles. The Morgan fingerprint density at radius 1 is 1.32 bits per heavy atom. The summed E-state index contributed by atoms with van der Waals surface area (Å²) in [7, 11) is 2.04. The minimum atomic E-state index is -0.0921. The summed E-state index contributed by atoms with van der Waals surface area (Å²) in [6, 6.07) is 9.58. The zero-order valence-electron chi connectivity index (χ0n) is 13.8. The molecule has 7 nitrogen and oxygen atoms in total. The van der Waals surface area contributed by atoms with E-state index >= 15 is 0 Å². The van der Waals surface area contributed by atoms with Crippen LogP contribution in [-0.4, -0.2) is 39.7 Å². The van der Waals surface area contributed by atoms with E-state index in [1.807, 2.05) is 37.4 Å². The number of H-pyrrole nitrogens is 1. The third-order valence-corrected chi connectivity index (χ3v) is 4.50. The van der Waals surface area contributed by atoms with E-state index in [0.717, 1.165) is 29.2 Å². The summed E-state index contributed by atoms with van der Waals surface area (Å²) < 4.78 is 0. The van der Waals surface area contributed by atoms with E-state index in [9.17, 15) is 4.79 Å². The molecule has 2 N–H and O–H groups in total. The van der Waals surface area contributed by atoms with Gasteiger partial charge in [-0.15, -0.1) is 0 Å². The molecule has 1 atom stereocenters. The van der Waals surface area contributed by atoms with Crippen molar-refractivity contribution in [2.75, 3.05) is 18.5 Å². The number of fused-ring (bicyclic) bond motifs is 1. The fourth-order valence-corrected chi connectivity index (χ4v) is 3.19. The van der Waals surface area contributed by atoms with Crippen LogP contribution in [0.1, 0.15) is 33.2 Å². The molecule has 3 aromatic rings. The molecule has 1 aliphatic heterocycles. The van der Waals surface area contributed by atoms with Crippen LogP contribution in [0.5, 0.6) is 0 Å². The van der Waals surface area contributed by atoms with Crippen LogP contribution in [0.25, 0.3) is 0 Å². The van der Waals surface area contributed by atoms with Gasteiger partial charge in [0.05, 0.1) is 5.92 Å². The zero-order valence-corrected chi connectivity index (χ0v) is 13.8. The van der Waals surface area contributed by atoms with Crippen LogP contribution in [0.15, 0.2) is 49.1 Å². The van der Waals surface area contributed by atoms with Crippen molar-refractivity contribution >= 4 is 11.6 Å². The van der Waals surface area contributed by atoms with Gasteiger partial charge in [0.1, 0.15) is 12.2 Å². The Kier molecular flexibility index (Phi) is 3.89. The van der Waals surface area contributed by atoms with Gasteiger partial charge in [-0.1, -0.05) is 0 Å². The number of anilines is 1. The van der Waals surface area contributed by atoms with Crippen LogP contribution in [0, 0.1) is 0 Å². The average molecular weight is 334 g/mol. The lowest BCUT2D eigenvalue weighted by molar-refractivity contribution is 0.0951. The zero-order chi connectivity index (χ0) is 17.2. The Labute approximate surface area is 145 Å². The van der Waals surface area contributed by atoms with Crippen molar-refractivity contribution < 1.29 is 4.79 Å². The highest BCUT2D eigenvalue weighted by molar-refractivity contribution is 5.95. The second-order valence-electron chi connectivity index (χ2n) is 6.12. The van der Waals surface area contributed by atoms with Gasteiger partial charge in [0.25, 0.3) is 5.91 Å². The third kappa shape index (κ3) is 2.96. The summed E-state index contributed by atoms with van der Waals surface area (Å²) >= 11 is 0. The molecule has 0 saturated carbocycles. The largest absolute Gasteiger partial charge is 0.373 e. The average Bonchev–Trinajstić information content (AvgIpc) is 3.28. The predicted octanol–water partition coefficient (Wildman–Crippen LogP) is 1.71. The molecule has 7 heteroatoms. The van der Waals surface area contributed by atoms with E-state index in [2.05, 4.69) is 30.4 Å². The summed E-state index contributed by atoms with van der Waals surface area (Å²) in [5, 5.41) is 9.84. The predicted molar refractivity (Wildman–Crippen MR) is 93.3 cm³/mol. The van der Waals surface area contributed by atoms with E-state index in [0.29, 0.717) is 12.1 Å². The van der Waals surface area contributed by atoms with Crippen molar-refractivity contribution in [2.45, 2.75) is 12.5 Å². The first-order chi connectivity index (χ1) is 12.2. The molecular weight excluding hydrogens is 316 g/mol. The first-order valence-electron chi connectivity index (χ1n) is 8.10. The molecule has 0 saturated heterocycles. The maximum Gasteiger partial charge on any atom is 0.251 e. The van der Waals surface area contributed by atoms with Gasteiger partial charge in [0.2, 0.25) is 0 Å². The molecule has 25 heavy (non-hydrogen) atoms. The van der Waals surface area contributed by atoms with E-state index < -0.39 is 0 Å². The molecule has 1 amide bonds. The number of carbonyl (C=O) groups is 1. The lowest BCUT2D eigenvalue weighted by Crippen LogP contribution is -2.23. The number of amides is 1. The minimum Gasteiger partial charge on any atom is -0.373 e. The van der Waals surface area contributed by atoms with Crippen molar-refractivity contribution in [1.82, 2.24) is 25.5 Å². The number of benzene rings is 1. The van der Waals surface area contributed by atoms with Gasteiger partial charge in [-0.3, -0.25) is 14.9 Å². The molecule has 0 unspecified atom stereocenters. The van der Waals surface area contributed by atoms with Crippen LogP contribution in [-0.2, 0) is 6.54 Å². The second-order valence-corrected chi connectivity index (χ2v) is 6.12. The Bertz CT molecular complexity index is 878. The molecule has 0 aliphatic carbocycles. The Morgan fingerprint density at radius 2 is 2.16 bits per heavy atom. The highest BCUT2D eigenvalue weighted by Gasteiger charge is 2.30. The third-order valence-electron chi connectivity index (χ3n) is 4.50. The smallest absolute Gasteiger partial charge is 0.251 e. The fraction of sp³-hybridized carbons (Fsp3) is 0.222. The van der Waals surface area contributed by atoms with Gasteiger partial charge in [0.15, 0.2) is 0 Å². The van der Waals surface area contributed by atoms with Gasteiger partial charge >= 0.3 is 0 Å². The van der Waals surface area contributed by atoms with E-state index in [-0.39, 0.29) is 11.8 Å². The first kappa shape index (κ1) is 15.3. The standard InChI is InChI=1S/C18H18N6O/c1-24-10-15(17-21-11-22-23-17)14-8-13(2-3-16(14)24)18(25)20-9-12-4-6-19-7-5-12/h2-8,11,15H,9-10H2,1H3,(H,20,25)(H,21,22,23)/t15-/m0/s1. The molecule has 0 bridgehead atoms. The monoisotopic (exact) mass is 334 g/mol. The number of likely N-dealkylation sites (N-methyl/N-ethyl adjacent to an activating group) is 1. The Hall–Kier alpha value is -3.22. The lowest BCUT2D eigenvalue weighted by Gasteiger charge is -2.12. The summed E-state index contributed by atoms with van der Waals surface area (Å²) in [6.07, 6.45) is 4.95. The van der Waals surface area contributed by atoms with E-state index in [1.165, 1.54) is 6.33 Å². The number of carbonyl (C=O) groups excluding carboxylic acids is 1. The quantitative estimate of drug-likeness (QED) is 0.758. The van der Waals surface area contributed by atoms with Crippen LogP contribution >= 0.6 is 0 Å². The van der Waals surface area contributed by atoms with Crippen LogP contribution in [0.2, 0.25) is 0 Å². The number of nitrogens with zero attached hydrogens (tertiary/aromatic N) is 4. The molecular formula is C18H18N6O. The fourth-order valence-electron chi connectivity index (χ4n) is 3.19. The second kappa shape index (κ2) is 6.35. The summed E-state index contributed by atoms with van der Waals surface area (Å²) in [6.45, 7) is 1.29. The molecule has 2 aromatic heterocycles. The Morgan fingerprint density at radius 3 is 2.92 bits per heavy atom. The molecule has 126 valence electrons. The molecule has 4 rings (SSSR count). The van der Waals surface area contributed by atoms with Crippen molar-refractivity contribution in [3.8, 4) is 0 Å². The van der Waals surface area contributed by atoms with Crippen molar-refractivity contribution in [1.29, 1.82) is 0 Å². The van der Waals surface area contributed by atoms with Crippen LogP contribution in [0.4, 0.5) is 5.69 Å². The number of hydrogen-bond acceptors (Lipinski definition) is 5. The molecule has 0 spiro atoms. The number of pyridine rings is 1. The lowest BCUT2D eigenvalue weighted by atomic mass is 9.98. The summed E-state index contributed by atoms with van der Waals surface area (Å²) in [5.74, 6) is 0.820. The summed E-state index contributed by atoms with van der Waals surface area (Å²) in [5.41, 5.74) is 3.87. The van der Waals surface area contributed by atoms with E-state index in [4.69, 9.17) is 0 Å². The van der Waals surface area contributed by atoms with Crippen LogP contribution < -0.4 is 10.2 Å². The van der Waals surface area contributed by atoms with Gasteiger partial charge in [-0.25, -0.2) is 4.98 Å². The van der Waals surface area contributed by atoms with Crippen molar-refractivity contribution in [3.63, 3.8) is 0 Å². The number of nitrogens with one attached hydrogen (secondary N) is 2. The SMILES string of the molecule is CN1C[C@H](c2ncn[nH]2)c2cc(C(=O)NCc3ccncc3)ccc21. The number of rotatable bonds is 4. The molecule has 0 fully saturated rings. The van der Waals surface area contributed by atoms with Gasteiger partial charge < -0.3 is 10.2 Å². The minimum absolute atomic E-state index is 0.0921. The van der Waals surface area contributed by atoms with Gasteiger partial charge in [0, 0.05) is 43.8 Å². The van der Waals surface area contributed by atoms with Crippen LogP contribution in [0.3, 0.4) is 0 Å². The highest BCUT2D eigenvalue weighted by Crippen LogP contribution is 2.38. The topological polar surface area (TPSA) is 86.8 Å². The molecule has 1 aliphatic rings. The maximum absolute atomic E-state index is 12.5.